The molecule has 0 saturated carbocycles. The van der Waals surface area contributed by atoms with Crippen LogP contribution in [0.3, 0.4) is 0 Å². The normalized spacial score (nSPS) is 20.4. The molecule has 170 valence electrons. The number of aromatic hydroxyl groups is 1. The molecule has 0 spiro atoms. The maximum Gasteiger partial charge on any atom is 0.274 e. The van der Waals surface area contributed by atoms with Crippen molar-refractivity contribution in [2.75, 3.05) is 13.1 Å². The number of aromatic nitrogens is 1. The smallest absolute Gasteiger partial charge is 0.274 e. The van der Waals surface area contributed by atoms with Crippen LogP contribution in [0.5, 0.6) is 5.75 Å². The quantitative estimate of drug-likeness (QED) is 0.754. The lowest BCUT2D eigenvalue weighted by Crippen LogP contribution is -2.47. The number of hydrogen-bond donors (Lipinski definition) is 2. The number of pyridine rings is 1. The van der Waals surface area contributed by atoms with Crippen LogP contribution in [0.1, 0.15) is 57.3 Å². The van der Waals surface area contributed by atoms with Gasteiger partial charge < -0.3 is 19.9 Å². The van der Waals surface area contributed by atoms with Crippen molar-refractivity contribution in [1.82, 2.24) is 14.8 Å². The summed E-state index contributed by atoms with van der Waals surface area (Å²) in [5, 5.41) is 12.8. The molecule has 10 heteroatoms. The highest BCUT2D eigenvalue weighted by molar-refractivity contribution is 5.99. The first-order valence-corrected chi connectivity index (χ1v) is 10.3. The second-order valence-electron chi connectivity index (χ2n) is 8.23. The van der Waals surface area contributed by atoms with E-state index in [4.69, 9.17) is 0 Å². The van der Waals surface area contributed by atoms with E-state index in [1.54, 1.807) is 0 Å². The summed E-state index contributed by atoms with van der Waals surface area (Å²) in [6.45, 7) is 1.44. The molecule has 2 aliphatic rings. The molecular weight excluding hydrogens is 427 g/mol. The maximum atomic E-state index is 14.0. The van der Waals surface area contributed by atoms with E-state index in [-0.39, 0.29) is 37.2 Å². The molecule has 2 atom stereocenters. The number of carbonyl (C=O) groups excluding carboxylic acids is 2. The van der Waals surface area contributed by atoms with Crippen LogP contribution in [0.15, 0.2) is 23.1 Å². The van der Waals surface area contributed by atoms with Crippen LogP contribution >= 0.6 is 0 Å². The molecule has 0 radical (unpaired) electrons. The average molecular weight is 449 g/mol. The van der Waals surface area contributed by atoms with Crippen molar-refractivity contribution < 1.29 is 27.9 Å². The highest BCUT2D eigenvalue weighted by Crippen LogP contribution is 2.32. The van der Waals surface area contributed by atoms with Crippen LogP contribution < -0.4 is 10.7 Å². The summed E-state index contributed by atoms with van der Waals surface area (Å²) in [5.41, 5.74) is -1.77. The van der Waals surface area contributed by atoms with Gasteiger partial charge in [-0.2, -0.15) is 0 Å². The number of rotatable bonds is 3. The Hall–Kier alpha value is -3.30. The van der Waals surface area contributed by atoms with Gasteiger partial charge in [-0.05, 0) is 43.9 Å². The van der Waals surface area contributed by atoms with E-state index < -0.39 is 58.9 Å². The third-order valence-electron chi connectivity index (χ3n) is 6.01. The Labute approximate surface area is 181 Å². The third-order valence-corrected chi connectivity index (χ3v) is 6.01. The zero-order chi connectivity index (χ0) is 23.2. The Morgan fingerprint density at radius 2 is 1.88 bits per heavy atom. The summed E-state index contributed by atoms with van der Waals surface area (Å²) in [5.74, 6) is -4.12. The molecule has 2 amide bonds. The molecule has 2 N–H and O–H groups in total. The van der Waals surface area contributed by atoms with Gasteiger partial charge in [0.1, 0.15) is 23.4 Å². The average Bonchev–Trinajstić information content (AvgIpc) is 2.72. The van der Waals surface area contributed by atoms with Crippen LogP contribution in [0.2, 0.25) is 0 Å². The van der Waals surface area contributed by atoms with Crippen LogP contribution in [-0.4, -0.2) is 45.6 Å². The van der Waals surface area contributed by atoms with Crippen molar-refractivity contribution in [3.8, 4) is 5.75 Å². The summed E-state index contributed by atoms with van der Waals surface area (Å²) in [4.78, 5) is 39.5. The van der Waals surface area contributed by atoms with Gasteiger partial charge in [0.05, 0.1) is 6.04 Å². The summed E-state index contributed by atoms with van der Waals surface area (Å²) in [6, 6.07) is 1.81. The van der Waals surface area contributed by atoms with Crippen LogP contribution in [0.25, 0.3) is 0 Å². The Morgan fingerprint density at radius 3 is 2.56 bits per heavy atom. The Morgan fingerprint density at radius 1 is 1.19 bits per heavy atom. The van der Waals surface area contributed by atoms with Crippen LogP contribution in [0.4, 0.5) is 13.2 Å². The monoisotopic (exact) mass is 449 g/mol. The zero-order valence-electron chi connectivity index (χ0n) is 17.3. The van der Waals surface area contributed by atoms with Gasteiger partial charge in [0, 0.05) is 31.4 Å². The van der Waals surface area contributed by atoms with Crippen LogP contribution in [-0.2, 0) is 6.54 Å². The van der Waals surface area contributed by atoms with Crippen molar-refractivity contribution in [1.29, 1.82) is 0 Å². The van der Waals surface area contributed by atoms with Crippen molar-refractivity contribution >= 4 is 11.8 Å². The Balaban J connectivity index is 1.66. The standard InChI is InChI=1S/C22H22F3N3O4/c1-11-6-16(24)14(17(25)7-11)8-26-21(31)15-10-28-13-3-2-12(23)4-5-27(9-13)22(32)18(28)20(30)19(15)29/h6-7,10,12-13,30H,2-5,8-9H2,1H3,(H,26,31)/t12-,13+/m1/s1. The van der Waals surface area contributed by atoms with Crippen LogP contribution in [0, 0.1) is 18.6 Å². The number of aryl methyl sites for hydroxylation is 1. The van der Waals surface area contributed by atoms with Gasteiger partial charge in [-0.15, -0.1) is 0 Å². The van der Waals surface area contributed by atoms with E-state index in [1.807, 2.05) is 0 Å². The Bertz CT molecular complexity index is 1140. The summed E-state index contributed by atoms with van der Waals surface area (Å²) in [7, 11) is 0. The van der Waals surface area contributed by atoms with Crippen molar-refractivity contribution in [3.05, 3.63) is 62.6 Å². The molecule has 4 rings (SSSR count). The molecule has 1 aromatic heterocycles. The predicted molar refractivity (Wildman–Crippen MR) is 108 cm³/mol. The van der Waals surface area contributed by atoms with Crippen molar-refractivity contribution in [2.24, 2.45) is 0 Å². The minimum Gasteiger partial charge on any atom is -0.503 e. The second kappa shape index (κ2) is 8.33. The Kier molecular flexibility index (Phi) is 5.70. The molecule has 1 fully saturated rings. The van der Waals surface area contributed by atoms with Crippen molar-refractivity contribution in [2.45, 2.75) is 44.9 Å². The first kappa shape index (κ1) is 21.9. The van der Waals surface area contributed by atoms with Gasteiger partial charge in [-0.25, -0.2) is 13.2 Å². The number of nitrogens with one attached hydrogen (secondary N) is 1. The fourth-order valence-electron chi connectivity index (χ4n) is 4.26. The molecule has 1 aromatic carbocycles. The van der Waals surface area contributed by atoms with E-state index in [2.05, 4.69) is 5.32 Å². The van der Waals surface area contributed by atoms with Crippen molar-refractivity contribution in [3.63, 3.8) is 0 Å². The fourth-order valence-corrected chi connectivity index (χ4v) is 4.26. The van der Waals surface area contributed by atoms with Gasteiger partial charge in [-0.3, -0.25) is 14.4 Å². The fraction of sp³-hybridized carbons (Fsp3) is 0.409. The number of benzene rings is 1. The van der Waals surface area contributed by atoms with E-state index in [0.29, 0.717) is 12.0 Å². The lowest BCUT2D eigenvalue weighted by Gasteiger charge is -2.38. The lowest BCUT2D eigenvalue weighted by atomic mass is 9.98. The maximum absolute atomic E-state index is 14.0. The predicted octanol–water partition coefficient (Wildman–Crippen LogP) is 2.59. The van der Waals surface area contributed by atoms with Gasteiger partial charge >= 0.3 is 0 Å². The minimum atomic E-state index is -1.08. The molecule has 2 aliphatic heterocycles. The molecule has 32 heavy (non-hydrogen) atoms. The van der Waals surface area contributed by atoms with E-state index in [1.165, 1.54) is 16.4 Å². The first-order chi connectivity index (χ1) is 15.2. The van der Waals surface area contributed by atoms with Gasteiger partial charge in [-0.1, -0.05) is 0 Å². The summed E-state index contributed by atoms with van der Waals surface area (Å²) >= 11 is 0. The number of carbonyl (C=O) groups is 2. The molecule has 0 unspecified atom stereocenters. The number of amides is 2. The van der Waals surface area contributed by atoms with E-state index in [0.717, 1.165) is 18.3 Å². The number of fused-ring (bicyclic) bond motifs is 4. The second-order valence-corrected chi connectivity index (χ2v) is 8.23. The highest BCUT2D eigenvalue weighted by Gasteiger charge is 2.37. The molecule has 7 nitrogen and oxygen atoms in total. The summed E-state index contributed by atoms with van der Waals surface area (Å²) < 4.78 is 43.4. The summed E-state index contributed by atoms with van der Waals surface area (Å²) in [6.07, 6.45) is 0.845. The molecule has 2 bridgehead atoms. The number of alkyl halides is 1. The number of nitrogens with zero attached hydrogens (tertiary/aromatic N) is 2. The minimum absolute atomic E-state index is 0.167. The third kappa shape index (κ3) is 3.85. The van der Waals surface area contributed by atoms with Gasteiger partial charge in [0.2, 0.25) is 5.43 Å². The number of halogens is 3. The molecular formula is C22H22F3N3O4. The first-order valence-electron chi connectivity index (χ1n) is 10.3. The topological polar surface area (TPSA) is 91.6 Å². The van der Waals surface area contributed by atoms with E-state index in [9.17, 15) is 32.7 Å². The largest absolute Gasteiger partial charge is 0.503 e. The lowest BCUT2D eigenvalue weighted by molar-refractivity contribution is 0.0594. The zero-order valence-corrected chi connectivity index (χ0v) is 17.3. The van der Waals surface area contributed by atoms with E-state index >= 15 is 0 Å². The molecule has 3 heterocycles. The molecule has 0 aliphatic carbocycles. The van der Waals surface area contributed by atoms with Gasteiger partial charge in [0.25, 0.3) is 11.8 Å². The van der Waals surface area contributed by atoms with Gasteiger partial charge in [0.15, 0.2) is 11.4 Å². The molecule has 2 aromatic rings. The molecule has 1 saturated heterocycles. The SMILES string of the molecule is Cc1cc(F)c(CNC(=O)c2cn3c(c(O)c2=O)C(=O)N2CC[C@H](F)CC[C@H]3C2)c(F)c1. The highest BCUT2D eigenvalue weighted by atomic mass is 19.1. The number of hydrogen-bond acceptors (Lipinski definition) is 4.